The van der Waals surface area contributed by atoms with Crippen LogP contribution < -0.4 is 5.32 Å². The van der Waals surface area contributed by atoms with Gasteiger partial charge in [-0.3, -0.25) is 0 Å². The van der Waals surface area contributed by atoms with Gasteiger partial charge in [-0.1, -0.05) is 43.5 Å². The molecular formula is C23H27N3S2. The number of hydrogen-bond donors (Lipinski definition) is 2. The SMILES string of the molecule is CSc1cccc(NC(=S)N(Cc2c[nH]c3ccccc23)C2CCCCC2)c1. The van der Waals surface area contributed by atoms with Gasteiger partial charge >= 0.3 is 0 Å². The predicted octanol–water partition coefficient (Wildman–Crippen LogP) is 6.42. The number of aromatic amines is 1. The van der Waals surface area contributed by atoms with Gasteiger partial charge in [0.15, 0.2) is 5.11 Å². The topological polar surface area (TPSA) is 31.1 Å². The molecule has 0 spiro atoms. The largest absolute Gasteiger partial charge is 0.361 e. The van der Waals surface area contributed by atoms with Crippen molar-refractivity contribution >= 4 is 45.7 Å². The summed E-state index contributed by atoms with van der Waals surface area (Å²) in [7, 11) is 0. The zero-order valence-electron chi connectivity index (χ0n) is 16.3. The smallest absolute Gasteiger partial charge is 0.173 e. The van der Waals surface area contributed by atoms with E-state index in [4.69, 9.17) is 12.2 Å². The lowest BCUT2D eigenvalue weighted by atomic mass is 9.94. The van der Waals surface area contributed by atoms with Gasteiger partial charge in [-0.05, 0) is 61.1 Å². The minimum absolute atomic E-state index is 0.506. The zero-order chi connectivity index (χ0) is 19.3. The minimum atomic E-state index is 0.506. The molecule has 0 aliphatic heterocycles. The van der Waals surface area contributed by atoms with E-state index >= 15 is 0 Å². The molecule has 1 aromatic heterocycles. The van der Waals surface area contributed by atoms with Gasteiger partial charge in [0.25, 0.3) is 0 Å². The first-order valence-electron chi connectivity index (χ1n) is 10.0. The summed E-state index contributed by atoms with van der Waals surface area (Å²) in [4.78, 5) is 7.06. The highest BCUT2D eigenvalue weighted by atomic mass is 32.2. The highest BCUT2D eigenvalue weighted by molar-refractivity contribution is 7.98. The van der Waals surface area contributed by atoms with Crippen LogP contribution in [0.5, 0.6) is 0 Å². The lowest BCUT2D eigenvalue weighted by Gasteiger charge is -2.36. The van der Waals surface area contributed by atoms with Crippen LogP contribution in [0, 0.1) is 0 Å². The molecule has 0 unspecified atom stereocenters. The van der Waals surface area contributed by atoms with Gasteiger partial charge < -0.3 is 15.2 Å². The van der Waals surface area contributed by atoms with Crippen molar-refractivity contribution in [3.8, 4) is 0 Å². The van der Waals surface area contributed by atoms with Crippen molar-refractivity contribution in [3.05, 3.63) is 60.3 Å². The summed E-state index contributed by atoms with van der Waals surface area (Å²) in [5, 5.41) is 5.62. The van der Waals surface area contributed by atoms with Gasteiger partial charge in [0.1, 0.15) is 0 Å². The number of thiocarbonyl (C=S) groups is 1. The molecule has 0 bridgehead atoms. The molecule has 0 atom stereocenters. The highest BCUT2D eigenvalue weighted by Gasteiger charge is 2.24. The fraction of sp³-hybridized carbons (Fsp3) is 0.348. The Morgan fingerprint density at radius 2 is 1.96 bits per heavy atom. The van der Waals surface area contributed by atoms with Crippen LogP contribution in [-0.2, 0) is 6.54 Å². The zero-order valence-corrected chi connectivity index (χ0v) is 17.9. The molecule has 5 heteroatoms. The normalized spacial score (nSPS) is 14.9. The fourth-order valence-corrected chi connectivity index (χ4v) is 4.89. The van der Waals surface area contributed by atoms with Gasteiger partial charge in [-0.2, -0.15) is 0 Å². The van der Waals surface area contributed by atoms with Gasteiger partial charge in [-0.25, -0.2) is 0 Å². The molecule has 1 heterocycles. The molecule has 146 valence electrons. The summed E-state index contributed by atoms with van der Waals surface area (Å²) in [5.41, 5.74) is 3.56. The number of anilines is 1. The van der Waals surface area contributed by atoms with Crippen LogP contribution in [0.1, 0.15) is 37.7 Å². The molecule has 2 N–H and O–H groups in total. The van der Waals surface area contributed by atoms with Crippen molar-refractivity contribution in [2.75, 3.05) is 11.6 Å². The summed E-state index contributed by atoms with van der Waals surface area (Å²) < 4.78 is 0. The van der Waals surface area contributed by atoms with E-state index in [1.165, 1.54) is 53.5 Å². The summed E-state index contributed by atoms with van der Waals surface area (Å²) in [5.74, 6) is 0. The Hall–Kier alpha value is -1.98. The standard InChI is InChI=1S/C23H27N3S2/c1-28-20-11-7-8-18(14-20)25-23(27)26(19-9-3-2-4-10-19)16-17-15-24-22-13-6-5-12-21(17)22/h5-8,11-15,19,24H,2-4,9-10,16H2,1H3,(H,25,27). The third-order valence-corrected chi connectivity index (χ3v) is 6.67. The maximum absolute atomic E-state index is 5.91. The molecule has 1 aliphatic rings. The maximum Gasteiger partial charge on any atom is 0.173 e. The van der Waals surface area contributed by atoms with E-state index < -0.39 is 0 Å². The van der Waals surface area contributed by atoms with E-state index in [9.17, 15) is 0 Å². The van der Waals surface area contributed by atoms with Crippen LogP contribution in [0.2, 0.25) is 0 Å². The first kappa shape index (κ1) is 19.3. The number of nitrogens with zero attached hydrogens (tertiary/aromatic N) is 1. The second-order valence-electron chi connectivity index (χ2n) is 7.44. The van der Waals surface area contributed by atoms with E-state index in [0.29, 0.717) is 6.04 Å². The van der Waals surface area contributed by atoms with Crippen LogP contribution in [0.25, 0.3) is 10.9 Å². The average Bonchev–Trinajstić information content (AvgIpc) is 3.15. The number of rotatable bonds is 5. The third-order valence-electron chi connectivity index (χ3n) is 5.61. The molecule has 1 saturated carbocycles. The molecule has 0 radical (unpaired) electrons. The van der Waals surface area contributed by atoms with Gasteiger partial charge in [0, 0.05) is 40.3 Å². The number of thioether (sulfide) groups is 1. The van der Waals surface area contributed by atoms with Crippen molar-refractivity contribution in [3.63, 3.8) is 0 Å². The maximum atomic E-state index is 5.91. The summed E-state index contributed by atoms with van der Waals surface area (Å²) in [6.07, 6.45) is 10.6. The Labute approximate surface area is 176 Å². The number of benzene rings is 2. The molecule has 4 rings (SSSR count). The molecule has 1 fully saturated rings. The molecule has 1 aliphatic carbocycles. The molecule has 2 aromatic carbocycles. The number of nitrogens with one attached hydrogen (secondary N) is 2. The second kappa shape index (κ2) is 9.01. The molecule has 3 aromatic rings. The van der Waals surface area contributed by atoms with Crippen LogP contribution >= 0.6 is 24.0 Å². The number of hydrogen-bond acceptors (Lipinski definition) is 2. The summed E-state index contributed by atoms with van der Waals surface area (Å²) in [6.45, 7) is 0.836. The quantitative estimate of drug-likeness (QED) is 0.376. The number of para-hydroxylation sites is 1. The molecule has 3 nitrogen and oxygen atoms in total. The molecule has 28 heavy (non-hydrogen) atoms. The van der Waals surface area contributed by atoms with Gasteiger partial charge in [0.2, 0.25) is 0 Å². The van der Waals surface area contributed by atoms with Crippen molar-refractivity contribution in [2.45, 2.75) is 49.6 Å². The van der Waals surface area contributed by atoms with Gasteiger partial charge in [-0.15, -0.1) is 11.8 Å². The van der Waals surface area contributed by atoms with E-state index in [1.807, 2.05) is 0 Å². The Bertz CT molecular complexity index is 944. The third kappa shape index (κ3) is 4.36. The lowest BCUT2D eigenvalue weighted by molar-refractivity contribution is 0.241. The van der Waals surface area contributed by atoms with E-state index in [1.54, 1.807) is 11.8 Å². The Kier molecular flexibility index (Phi) is 6.23. The predicted molar refractivity (Wildman–Crippen MR) is 125 cm³/mol. The second-order valence-corrected chi connectivity index (χ2v) is 8.71. The Balaban J connectivity index is 1.58. The molecular weight excluding hydrogens is 382 g/mol. The van der Waals surface area contributed by atoms with Crippen molar-refractivity contribution in [2.24, 2.45) is 0 Å². The van der Waals surface area contributed by atoms with Gasteiger partial charge in [0.05, 0.1) is 0 Å². The number of H-pyrrole nitrogens is 1. The van der Waals surface area contributed by atoms with Crippen LogP contribution in [-0.4, -0.2) is 27.3 Å². The first-order chi connectivity index (χ1) is 13.7. The first-order valence-corrected chi connectivity index (χ1v) is 11.6. The van der Waals surface area contributed by atoms with Crippen molar-refractivity contribution in [1.82, 2.24) is 9.88 Å². The molecule has 0 amide bonds. The fourth-order valence-electron chi connectivity index (χ4n) is 4.10. The van der Waals surface area contributed by atoms with Crippen LogP contribution in [0.4, 0.5) is 5.69 Å². The van der Waals surface area contributed by atoms with E-state index in [0.717, 1.165) is 17.3 Å². The van der Waals surface area contributed by atoms with Crippen LogP contribution in [0.15, 0.2) is 59.6 Å². The summed E-state index contributed by atoms with van der Waals surface area (Å²) in [6, 6.07) is 17.5. The monoisotopic (exact) mass is 409 g/mol. The van der Waals surface area contributed by atoms with E-state index in [-0.39, 0.29) is 0 Å². The Morgan fingerprint density at radius 1 is 1.14 bits per heavy atom. The van der Waals surface area contributed by atoms with E-state index in [2.05, 4.69) is 76.2 Å². The van der Waals surface area contributed by atoms with Crippen LogP contribution in [0.3, 0.4) is 0 Å². The Morgan fingerprint density at radius 3 is 2.79 bits per heavy atom. The van der Waals surface area contributed by atoms with Crippen molar-refractivity contribution < 1.29 is 0 Å². The number of aromatic nitrogens is 1. The average molecular weight is 410 g/mol. The minimum Gasteiger partial charge on any atom is -0.361 e. The lowest BCUT2D eigenvalue weighted by Crippen LogP contribution is -2.43. The number of fused-ring (bicyclic) bond motifs is 1. The highest BCUT2D eigenvalue weighted by Crippen LogP contribution is 2.28. The summed E-state index contributed by atoms with van der Waals surface area (Å²) >= 11 is 7.66. The van der Waals surface area contributed by atoms with Crippen molar-refractivity contribution in [1.29, 1.82) is 0 Å². The molecule has 0 saturated heterocycles.